The van der Waals surface area contributed by atoms with Crippen LogP contribution in [0.5, 0.6) is 17.2 Å². The van der Waals surface area contributed by atoms with E-state index in [0.29, 0.717) is 22.8 Å². The van der Waals surface area contributed by atoms with Gasteiger partial charge in [0.25, 0.3) is 5.91 Å². The molecule has 0 saturated carbocycles. The van der Waals surface area contributed by atoms with Crippen LogP contribution in [-0.2, 0) is 0 Å². The van der Waals surface area contributed by atoms with Crippen LogP contribution in [0.25, 0.3) is 0 Å². The number of nitrogens with zero attached hydrogens (tertiary/aromatic N) is 1. The molecule has 6 heteroatoms. The lowest BCUT2D eigenvalue weighted by Gasteiger charge is -2.39. The molecular formula is C24H30N2O4. The summed E-state index contributed by atoms with van der Waals surface area (Å²) in [4.78, 5) is 15.1. The Morgan fingerprint density at radius 1 is 1.00 bits per heavy atom. The zero-order valence-electron chi connectivity index (χ0n) is 18.2. The van der Waals surface area contributed by atoms with Gasteiger partial charge in [-0.25, -0.2) is 0 Å². The molecule has 0 spiro atoms. The number of hydrogen-bond donors (Lipinski definition) is 1. The number of rotatable bonds is 7. The number of benzene rings is 2. The van der Waals surface area contributed by atoms with Crippen molar-refractivity contribution in [1.29, 1.82) is 0 Å². The van der Waals surface area contributed by atoms with Crippen molar-refractivity contribution in [2.24, 2.45) is 0 Å². The molecule has 0 fully saturated rings. The molecule has 0 bridgehead atoms. The summed E-state index contributed by atoms with van der Waals surface area (Å²) in [5, 5.41) is 3.27. The third kappa shape index (κ3) is 4.44. The topological polar surface area (TPSA) is 60.0 Å². The van der Waals surface area contributed by atoms with Gasteiger partial charge in [0.15, 0.2) is 11.5 Å². The molecule has 1 amide bonds. The average molecular weight is 411 g/mol. The van der Waals surface area contributed by atoms with Gasteiger partial charge in [-0.1, -0.05) is 30.4 Å². The maximum absolute atomic E-state index is 13.0. The van der Waals surface area contributed by atoms with Crippen molar-refractivity contribution in [3.63, 3.8) is 0 Å². The first-order chi connectivity index (χ1) is 14.5. The molecule has 3 atom stereocenters. The first kappa shape index (κ1) is 21.7. The molecule has 30 heavy (non-hydrogen) atoms. The first-order valence-corrected chi connectivity index (χ1v) is 9.99. The summed E-state index contributed by atoms with van der Waals surface area (Å²) < 4.78 is 16.6. The second-order valence-corrected chi connectivity index (χ2v) is 7.55. The molecule has 2 aromatic rings. The van der Waals surface area contributed by atoms with Crippen molar-refractivity contribution in [3.8, 4) is 17.2 Å². The first-order valence-electron chi connectivity index (χ1n) is 9.99. The summed E-state index contributed by atoms with van der Waals surface area (Å²) in [5.41, 5.74) is 1.67. The van der Waals surface area contributed by atoms with E-state index < -0.39 is 0 Å². The van der Waals surface area contributed by atoms with Crippen LogP contribution in [0, 0.1) is 0 Å². The highest BCUT2D eigenvalue weighted by atomic mass is 16.5. The number of carbonyl (C=O) groups excluding carboxylic acids is 1. The van der Waals surface area contributed by atoms with E-state index in [9.17, 15) is 4.79 Å². The van der Waals surface area contributed by atoms with Gasteiger partial charge in [0.2, 0.25) is 5.75 Å². The summed E-state index contributed by atoms with van der Waals surface area (Å²) >= 11 is 0. The van der Waals surface area contributed by atoms with Crippen LogP contribution in [0.15, 0.2) is 54.6 Å². The zero-order valence-corrected chi connectivity index (χ0v) is 18.2. The summed E-state index contributed by atoms with van der Waals surface area (Å²) in [7, 11) is 8.86. The molecular weight excluding hydrogens is 380 g/mol. The van der Waals surface area contributed by atoms with Crippen LogP contribution in [0.4, 0.5) is 0 Å². The fourth-order valence-electron chi connectivity index (χ4n) is 4.03. The number of likely N-dealkylation sites (N-methyl/N-ethyl adjacent to an activating group) is 1. The Kier molecular flexibility index (Phi) is 7.00. The van der Waals surface area contributed by atoms with Gasteiger partial charge < -0.3 is 24.4 Å². The van der Waals surface area contributed by atoms with Crippen LogP contribution in [0.1, 0.15) is 28.3 Å². The van der Waals surface area contributed by atoms with Crippen molar-refractivity contribution < 1.29 is 19.0 Å². The van der Waals surface area contributed by atoms with Crippen LogP contribution >= 0.6 is 0 Å². The third-order valence-corrected chi connectivity index (χ3v) is 5.57. The Morgan fingerprint density at radius 3 is 2.17 bits per heavy atom. The van der Waals surface area contributed by atoms with Crippen molar-refractivity contribution >= 4 is 5.91 Å². The predicted octanol–water partition coefficient (Wildman–Crippen LogP) is 3.48. The number of amides is 1. The zero-order chi connectivity index (χ0) is 21.7. The van der Waals surface area contributed by atoms with Gasteiger partial charge in [-0.3, -0.25) is 4.79 Å². The molecule has 0 aromatic heterocycles. The smallest absolute Gasteiger partial charge is 0.251 e. The highest BCUT2D eigenvalue weighted by molar-refractivity contribution is 5.94. The normalized spacial score (nSPS) is 20.7. The lowest BCUT2D eigenvalue weighted by Crippen LogP contribution is -2.53. The number of hydrogen-bond acceptors (Lipinski definition) is 5. The molecule has 6 nitrogen and oxygen atoms in total. The van der Waals surface area contributed by atoms with E-state index >= 15 is 0 Å². The van der Waals surface area contributed by atoms with Crippen molar-refractivity contribution in [2.45, 2.75) is 24.4 Å². The minimum Gasteiger partial charge on any atom is -0.493 e. The summed E-state index contributed by atoms with van der Waals surface area (Å²) in [6.45, 7) is 0. The van der Waals surface area contributed by atoms with Crippen molar-refractivity contribution in [2.75, 3.05) is 35.4 Å². The number of allylic oxidation sites excluding steroid dienone is 1. The SMILES string of the molecule is COc1cc([C@@H]2CC=C[C@H](N(C)C)C2NC(=O)c2ccccc2)cc(OC)c1OC. The second kappa shape index (κ2) is 9.67. The van der Waals surface area contributed by atoms with E-state index in [-0.39, 0.29) is 23.9 Å². The molecule has 1 unspecified atom stereocenters. The van der Waals surface area contributed by atoms with Crippen molar-refractivity contribution in [3.05, 3.63) is 65.7 Å². The maximum Gasteiger partial charge on any atom is 0.251 e. The van der Waals surface area contributed by atoms with Gasteiger partial charge in [-0.05, 0) is 50.3 Å². The van der Waals surface area contributed by atoms with E-state index in [1.54, 1.807) is 21.3 Å². The van der Waals surface area contributed by atoms with E-state index in [4.69, 9.17) is 14.2 Å². The monoisotopic (exact) mass is 410 g/mol. The standard InChI is InChI=1S/C24H30N2O4/c1-26(2)19-13-9-12-18(22(19)25-24(27)16-10-7-6-8-11-16)17-14-20(28-3)23(30-5)21(15-17)29-4/h6-11,13-15,18-19,22H,12H2,1-5H3,(H,25,27)/t18-,19-,22?/m0/s1. The van der Waals surface area contributed by atoms with Gasteiger partial charge in [0.1, 0.15) is 0 Å². The number of ether oxygens (including phenoxy) is 3. The molecule has 0 aliphatic heterocycles. The molecule has 0 radical (unpaired) electrons. The lowest BCUT2D eigenvalue weighted by atomic mass is 9.80. The Bertz CT molecular complexity index is 870. The van der Waals surface area contributed by atoms with E-state index in [1.807, 2.05) is 56.6 Å². The Hall–Kier alpha value is -2.99. The molecule has 2 aromatic carbocycles. The summed E-state index contributed by atoms with van der Waals surface area (Å²) in [5.74, 6) is 1.74. The van der Waals surface area contributed by atoms with Crippen LogP contribution < -0.4 is 19.5 Å². The second-order valence-electron chi connectivity index (χ2n) is 7.55. The average Bonchev–Trinajstić information content (AvgIpc) is 2.78. The van der Waals surface area contributed by atoms with Gasteiger partial charge in [0, 0.05) is 17.5 Å². The van der Waals surface area contributed by atoms with Gasteiger partial charge in [-0.15, -0.1) is 0 Å². The highest BCUT2D eigenvalue weighted by Crippen LogP contribution is 2.42. The van der Waals surface area contributed by atoms with Crippen LogP contribution in [-0.4, -0.2) is 58.3 Å². The van der Waals surface area contributed by atoms with Gasteiger partial charge in [0.05, 0.1) is 27.4 Å². The minimum absolute atomic E-state index is 0.0452. The third-order valence-electron chi connectivity index (χ3n) is 5.57. The quantitative estimate of drug-likeness (QED) is 0.708. The van der Waals surface area contributed by atoms with E-state index in [1.165, 1.54) is 0 Å². The van der Waals surface area contributed by atoms with E-state index in [2.05, 4.69) is 22.4 Å². The molecule has 0 saturated heterocycles. The van der Waals surface area contributed by atoms with Crippen molar-refractivity contribution in [1.82, 2.24) is 10.2 Å². The van der Waals surface area contributed by atoms with Crippen LogP contribution in [0.2, 0.25) is 0 Å². The summed E-state index contributed by atoms with van der Waals surface area (Å²) in [6, 6.07) is 13.2. The molecule has 1 aliphatic rings. The molecule has 1 N–H and O–H groups in total. The van der Waals surface area contributed by atoms with Crippen LogP contribution in [0.3, 0.4) is 0 Å². The molecule has 3 rings (SSSR count). The molecule has 0 heterocycles. The maximum atomic E-state index is 13.0. The van der Waals surface area contributed by atoms with E-state index in [0.717, 1.165) is 12.0 Å². The fourth-order valence-corrected chi connectivity index (χ4v) is 4.03. The number of methoxy groups -OCH3 is 3. The predicted molar refractivity (Wildman–Crippen MR) is 118 cm³/mol. The molecule has 160 valence electrons. The number of carbonyl (C=O) groups is 1. The Morgan fingerprint density at radius 2 is 1.63 bits per heavy atom. The Labute approximate surface area is 178 Å². The Balaban J connectivity index is 2.01. The largest absolute Gasteiger partial charge is 0.493 e. The lowest BCUT2D eigenvalue weighted by molar-refractivity contribution is 0.0905. The highest BCUT2D eigenvalue weighted by Gasteiger charge is 2.35. The molecule has 1 aliphatic carbocycles. The fraction of sp³-hybridized carbons (Fsp3) is 0.375. The summed E-state index contributed by atoms with van der Waals surface area (Å²) in [6.07, 6.45) is 5.12. The minimum atomic E-state index is -0.125. The van der Waals surface area contributed by atoms with Gasteiger partial charge in [-0.2, -0.15) is 0 Å². The van der Waals surface area contributed by atoms with Gasteiger partial charge >= 0.3 is 0 Å². The number of nitrogens with one attached hydrogen (secondary N) is 1.